The molecule has 0 amide bonds. The molecule has 0 aliphatic carbocycles. The van der Waals surface area contributed by atoms with Crippen LogP contribution in [-0.2, 0) is 6.54 Å². The van der Waals surface area contributed by atoms with Crippen LogP contribution in [0, 0.1) is 0 Å². The predicted octanol–water partition coefficient (Wildman–Crippen LogP) is 1.02. The zero-order chi connectivity index (χ0) is 11.1. The SMILES string of the molecule is CCC(CC)NCCn1cnccc1=O. The van der Waals surface area contributed by atoms with Gasteiger partial charge in [-0.2, -0.15) is 0 Å². The maximum absolute atomic E-state index is 11.3. The van der Waals surface area contributed by atoms with Crippen molar-refractivity contribution in [2.45, 2.75) is 39.3 Å². The maximum Gasteiger partial charge on any atom is 0.253 e. The van der Waals surface area contributed by atoms with Gasteiger partial charge in [-0.3, -0.25) is 9.36 Å². The van der Waals surface area contributed by atoms with Crippen LogP contribution in [0.4, 0.5) is 0 Å². The summed E-state index contributed by atoms with van der Waals surface area (Å²) in [6.45, 7) is 5.83. The Morgan fingerprint density at radius 2 is 2.20 bits per heavy atom. The third-order valence-corrected chi connectivity index (χ3v) is 2.56. The fraction of sp³-hybridized carbons (Fsp3) is 0.636. The summed E-state index contributed by atoms with van der Waals surface area (Å²) < 4.78 is 1.62. The lowest BCUT2D eigenvalue weighted by Gasteiger charge is -2.14. The first-order chi connectivity index (χ1) is 7.27. The van der Waals surface area contributed by atoms with Crippen molar-refractivity contribution in [2.24, 2.45) is 0 Å². The first kappa shape index (κ1) is 11.9. The van der Waals surface area contributed by atoms with Gasteiger partial charge in [0.1, 0.15) is 0 Å². The summed E-state index contributed by atoms with van der Waals surface area (Å²) in [6.07, 6.45) is 5.35. The molecule has 0 bridgehead atoms. The molecule has 0 aliphatic rings. The van der Waals surface area contributed by atoms with Crippen molar-refractivity contribution in [1.29, 1.82) is 0 Å². The van der Waals surface area contributed by atoms with Crippen molar-refractivity contribution in [3.63, 3.8) is 0 Å². The van der Waals surface area contributed by atoms with Crippen molar-refractivity contribution in [3.05, 3.63) is 28.9 Å². The van der Waals surface area contributed by atoms with Gasteiger partial charge in [-0.25, -0.2) is 4.98 Å². The van der Waals surface area contributed by atoms with E-state index in [1.165, 1.54) is 12.3 Å². The van der Waals surface area contributed by atoms with Crippen LogP contribution in [0.1, 0.15) is 26.7 Å². The van der Waals surface area contributed by atoms with Crippen LogP contribution in [-0.4, -0.2) is 22.1 Å². The van der Waals surface area contributed by atoms with E-state index in [2.05, 4.69) is 24.1 Å². The van der Waals surface area contributed by atoms with E-state index in [1.54, 1.807) is 10.9 Å². The predicted molar refractivity (Wildman–Crippen MR) is 60.9 cm³/mol. The molecule has 0 aromatic carbocycles. The van der Waals surface area contributed by atoms with E-state index in [0.717, 1.165) is 19.4 Å². The number of hydrogen-bond donors (Lipinski definition) is 1. The van der Waals surface area contributed by atoms with Gasteiger partial charge < -0.3 is 5.32 Å². The molecule has 4 nitrogen and oxygen atoms in total. The Balaban J connectivity index is 2.38. The highest BCUT2D eigenvalue weighted by molar-refractivity contribution is 4.82. The van der Waals surface area contributed by atoms with Crippen LogP contribution in [0.25, 0.3) is 0 Å². The van der Waals surface area contributed by atoms with E-state index in [9.17, 15) is 4.79 Å². The number of nitrogens with zero attached hydrogens (tertiary/aromatic N) is 2. The second kappa shape index (κ2) is 6.35. The van der Waals surface area contributed by atoms with Crippen LogP contribution < -0.4 is 10.9 Å². The van der Waals surface area contributed by atoms with E-state index in [-0.39, 0.29) is 5.56 Å². The van der Waals surface area contributed by atoms with Gasteiger partial charge in [0.25, 0.3) is 5.56 Å². The molecular weight excluding hydrogens is 190 g/mol. The summed E-state index contributed by atoms with van der Waals surface area (Å²) in [4.78, 5) is 15.2. The Kier molecular flexibility index (Phi) is 5.04. The molecule has 0 aliphatic heterocycles. The lowest BCUT2D eigenvalue weighted by Crippen LogP contribution is -2.33. The van der Waals surface area contributed by atoms with Gasteiger partial charge in [0.15, 0.2) is 0 Å². The summed E-state index contributed by atoms with van der Waals surface area (Å²) in [5.74, 6) is 0. The summed E-state index contributed by atoms with van der Waals surface area (Å²) >= 11 is 0. The molecule has 0 saturated carbocycles. The topological polar surface area (TPSA) is 46.9 Å². The molecule has 4 heteroatoms. The quantitative estimate of drug-likeness (QED) is 0.761. The van der Waals surface area contributed by atoms with E-state index < -0.39 is 0 Å². The fourth-order valence-electron chi connectivity index (χ4n) is 1.51. The Bertz CT molecular complexity index is 331. The molecule has 15 heavy (non-hydrogen) atoms. The van der Waals surface area contributed by atoms with Gasteiger partial charge >= 0.3 is 0 Å². The minimum atomic E-state index is 0.0105. The molecule has 84 valence electrons. The van der Waals surface area contributed by atoms with E-state index in [4.69, 9.17) is 0 Å². The lowest BCUT2D eigenvalue weighted by molar-refractivity contribution is 0.461. The Hall–Kier alpha value is -1.16. The molecule has 0 fully saturated rings. The number of rotatable bonds is 6. The third kappa shape index (κ3) is 3.83. The Labute approximate surface area is 90.3 Å². The van der Waals surface area contributed by atoms with Gasteiger partial charge in [-0.05, 0) is 12.8 Å². The normalized spacial score (nSPS) is 10.9. The van der Waals surface area contributed by atoms with Gasteiger partial charge in [-0.1, -0.05) is 13.8 Å². The molecule has 0 atom stereocenters. The molecule has 1 aromatic heterocycles. The number of hydrogen-bond acceptors (Lipinski definition) is 3. The van der Waals surface area contributed by atoms with Crippen LogP contribution in [0.3, 0.4) is 0 Å². The van der Waals surface area contributed by atoms with Gasteiger partial charge in [0.05, 0.1) is 6.33 Å². The van der Waals surface area contributed by atoms with Crippen LogP contribution in [0.5, 0.6) is 0 Å². The smallest absolute Gasteiger partial charge is 0.253 e. The zero-order valence-electron chi connectivity index (χ0n) is 9.44. The van der Waals surface area contributed by atoms with Crippen LogP contribution >= 0.6 is 0 Å². The lowest BCUT2D eigenvalue weighted by atomic mass is 10.2. The molecule has 0 unspecified atom stereocenters. The van der Waals surface area contributed by atoms with Crippen LogP contribution in [0.2, 0.25) is 0 Å². The highest BCUT2D eigenvalue weighted by Gasteiger charge is 2.01. The number of nitrogens with one attached hydrogen (secondary N) is 1. The monoisotopic (exact) mass is 209 g/mol. The second-order valence-electron chi connectivity index (χ2n) is 3.58. The molecule has 0 radical (unpaired) electrons. The third-order valence-electron chi connectivity index (χ3n) is 2.56. The van der Waals surface area contributed by atoms with Gasteiger partial charge in [-0.15, -0.1) is 0 Å². The average Bonchev–Trinajstić information content (AvgIpc) is 2.27. The van der Waals surface area contributed by atoms with Crippen molar-refractivity contribution in [3.8, 4) is 0 Å². The Morgan fingerprint density at radius 3 is 2.80 bits per heavy atom. The van der Waals surface area contributed by atoms with Crippen molar-refractivity contribution >= 4 is 0 Å². The van der Waals surface area contributed by atoms with E-state index in [1.807, 2.05) is 0 Å². The Morgan fingerprint density at radius 1 is 1.47 bits per heavy atom. The maximum atomic E-state index is 11.3. The van der Waals surface area contributed by atoms with Crippen molar-refractivity contribution < 1.29 is 0 Å². The van der Waals surface area contributed by atoms with Crippen molar-refractivity contribution in [1.82, 2.24) is 14.9 Å². The molecule has 1 aromatic rings. The first-order valence-corrected chi connectivity index (χ1v) is 5.51. The molecule has 0 spiro atoms. The minimum Gasteiger partial charge on any atom is -0.312 e. The standard InChI is InChI=1S/C11H19N3O/c1-3-10(4-2)13-7-8-14-9-12-6-5-11(14)15/h5-6,9-10,13H,3-4,7-8H2,1-2H3. The summed E-state index contributed by atoms with van der Waals surface area (Å²) in [5, 5.41) is 3.41. The average molecular weight is 209 g/mol. The van der Waals surface area contributed by atoms with Crippen molar-refractivity contribution in [2.75, 3.05) is 6.54 Å². The fourth-order valence-corrected chi connectivity index (χ4v) is 1.51. The number of aromatic nitrogens is 2. The molecule has 1 rings (SSSR count). The van der Waals surface area contributed by atoms with Gasteiger partial charge in [0.2, 0.25) is 0 Å². The van der Waals surface area contributed by atoms with E-state index in [0.29, 0.717) is 12.6 Å². The highest BCUT2D eigenvalue weighted by Crippen LogP contribution is 1.94. The summed E-state index contributed by atoms with van der Waals surface area (Å²) in [7, 11) is 0. The molecule has 1 heterocycles. The first-order valence-electron chi connectivity index (χ1n) is 5.51. The molecular formula is C11H19N3O. The summed E-state index contributed by atoms with van der Waals surface area (Å²) in [6, 6.07) is 2.04. The summed E-state index contributed by atoms with van der Waals surface area (Å²) in [5.41, 5.74) is 0.0105. The van der Waals surface area contributed by atoms with E-state index >= 15 is 0 Å². The molecule has 1 N–H and O–H groups in total. The highest BCUT2D eigenvalue weighted by atomic mass is 16.1. The van der Waals surface area contributed by atoms with Crippen LogP contribution in [0.15, 0.2) is 23.4 Å². The second-order valence-corrected chi connectivity index (χ2v) is 3.58. The minimum absolute atomic E-state index is 0.0105. The van der Waals surface area contributed by atoms with Gasteiger partial charge in [0, 0.05) is 31.4 Å². The largest absolute Gasteiger partial charge is 0.312 e. The molecule has 0 saturated heterocycles. The zero-order valence-corrected chi connectivity index (χ0v) is 9.44.